The third-order valence-corrected chi connectivity index (χ3v) is 6.62. The summed E-state index contributed by atoms with van der Waals surface area (Å²) in [6.45, 7) is 4.56. The Labute approximate surface area is 183 Å². The van der Waals surface area contributed by atoms with Crippen molar-refractivity contribution in [2.75, 3.05) is 20.0 Å². The Balaban J connectivity index is 4.40. The number of hydrogen-bond acceptors (Lipinski definition) is 3. The molecular formula is C25H52O2S. The van der Waals surface area contributed by atoms with Crippen molar-refractivity contribution in [3.05, 3.63) is 0 Å². The van der Waals surface area contributed by atoms with Crippen LogP contribution in [0.1, 0.15) is 129 Å². The Hall–Kier alpha value is 0.270. The van der Waals surface area contributed by atoms with Gasteiger partial charge in [-0.25, -0.2) is 0 Å². The minimum absolute atomic E-state index is 0.394. The van der Waals surface area contributed by atoms with Gasteiger partial charge in [0.25, 0.3) is 0 Å². The molecule has 0 fully saturated rings. The predicted octanol–water partition coefficient (Wildman–Crippen LogP) is 8.58. The van der Waals surface area contributed by atoms with Crippen molar-refractivity contribution in [1.82, 2.24) is 0 Å². The number of methoxy groups -OCH3 is 2. The third-order valence-electron chi connectivity index (χ3n) is 6.31. The minimum Gasteiger partial charge on any atom is -0.353 e. The maximum absolute atomic E-state index is 6.05. The Morgan fingerprint density at radius 2 is 1.04 bits per heavy atom. The van der Waals surface area contributed by atoms with E-state index in [9.17, 15) is 0 Å². The van der Waals surface area contributed by atoms with Crippen LogP contribution in [0.5, 0.6) is 0 Å². The maximum atomic E-state index is 6.05. The number of rotatable bonds is 22. The third kappa shape index (κ3) is 13.5. The maximum Gasteiger partial charge on any atom is 0.170 e. The highest BCUT2D eigenvalue weighted by atomic mass is 32.1. The summed E-state index contributed by atoms with van der Waals surface area (Å²) < 4.78 is 12.1. The summed E-state index contributed by atoms with van der Waals surface area (Å²) in [5, 5.41) is 0. The van der Waals surface area contributed by atoms with Crippen LogP contribution in [-0.2, 0) is 9.47 Å². The fraction of sp³-hybridized carbons (Fsp3) is 1.00. The number of hydrogen-bond donors (Lipinski definition) is 1. The molecule has 1 atom stereocenters. The fourth-order valence-corrected chi connectivity index (χ4v) is 4.61. The van der Waals surface area contributed by atoms with Crippen LogP contribution in [0.15, 0.2) is 0 Å². The molecule has 170 valence electrons. The summed E-state index contributed by atoms with van der Waals surface area (Å²) in [5.41, 5.74) is 0. The van der Waals surface area contributed by atoms with E-state index in [4.69, 9.17) is 9.47 Å². The van der Waals surface area contributed by atoms with Crippen LogP contribution in [0.2, 0.25) is 0 Å². The van der Waals surface area contributed by atoms with Gasteiger partial charge in [0.2, 0.25) is 0 Å². The lowest BCUT2D eigenvalue weighted by atomic mass is 9.84. The predicted molar refractivity (Wildman–Crippen MR) is 129 cm³/mol. The Morgan fingerprint density at radius 3 is 1.50 bits per heavy atom. The van der Waals surface area contributed by atoms with Gasteiger partial charge in [0.05, 0.1) is 0 Å². The minimum atomic E-state index is -0.394. The van der Waals surface area contributed by atoms with Crippen molar-refractivity contribution in [3.63, 3.8) is 0 Å². The number of unbranched alkanes of at least 4 members (excludes halogenated alkanes) is 12. The van der Waals surface area contributed by atoms with Gasteiger partial charge < -0.3 is 9.47 Å². The van der Waals surface area contributed by atoms with Gasteiger partial charge in [-0.05, 0) is 31.4 Å². The first kappa shape index (κ1) is 28.3. The zero-order chi connectivity index (χ0) is 20.9. The van der Waals surface area contributed by atoms with Gasteiger partial charge in [-0.15, -0.1) is 0 Å². The summed E-state index contributed by atoms with van der Waals surface area (Å²) >= 11 is 4.45. The van der Waals surface area contributed by atoms with E-state index >= 15 is 0 Å². The lowest BCUT2D eigenvalue weighted by molar-refractivity contribution is -0.247. The van der Waals surface area contributed by atoms with Crippen LogP contribution in [0.25, 0.3) is 0 Å². The summed E-state index contributed by atoms with van der Waals surface area (Å²) in [6, 6.07) is 0. The first-order chi connectivity index (χ1) is 13.7. The highest BCUT2D eigenvalue weighted by Gasteiger charge is 2.37. The smallest absolute Gasteiger partial charge is 0.170 e. The van der Waals surface area contributed by atoms with Crippen LogP contribution in [0, 0.1) is 5.92 Å². The molecule has 0 unspecified atom stereocenters. The molecule has 0 radical (unpaired) electrons. The normalized spacial score (nSPS) is 13.2. The van der Waals surface area contributed by atoms with Crippen molar-refractivity contribution < 1.29 is 9.47 Å². The summed E-state index contributed by atoms with van der Waals surface area (Å²) in [4.78, 5) is 0. The van der Waals surface area contributed by atoms with Crippen LogP contribution < -0.4 is 0 Å². The molecule has 0 rings (SSSR count). The molecule has 0 bridgehead atoms. The van der Waals surface area contributed by atoms with Gasteiger partial charge >= 0.3 is 0 Å². The molecule has 0 aromatic rings. The molecule has 0 aromatic heterocycles. The lowest BCUT2D eigenvalue weighted by Gasteiger charge is -2.39. The fourth-order valence-electron chi connectivity index (χ4n) is 4.42. The zero-order valence-electron chi connectivity index (χ0n) is 19.8. The average Bonchev–Trinajstić information content (AvgIpc) is 2.72. The van der Waals surface area contributed by atoms with E-state index in [1.54, 1.807) is 0 Å². The molecule has 2 nitrogen and oxygen atoms in total. The number of thiol groups is 1. The van der Waals surface area contributed by atoms with Crippen molar-refractivity contribution in [1.29, 1.82) is 0 Å². The highest BCUT2D eigenvalue weighted by Crippen LogP contribution is 2.36. The van der Waals surface area contributed by atoms with E-state index in [0.717, 1.165) is 25.0 Å². The van der Waals surface area contributed by atoms with Crippen molar-refractivity contribution >= 4 is 12.6 Å². The topological polar surface area (TPSA) is 18.5 Å². The monoisotopic (exact) mass is 416 g/mol. The largest absolute Gasteiger partial charge is 0.353 e. The summed E-state index contributed by atoms with van der Waals surface area (Å²) in [7, 11) is 3.70. The molecule has 3 heteroatoms. The Bertz CT molecular complexity index is 305. The van der Waals surface area contributed by atoms with Gasteiger partial charge in [-0.3, -0.25) is 0 Å². The molecule has 0 aliphatic rings. The lowest BCUT2D eigenvalue weighted by Crippen LogP contribution is -2.42. The molecule has 0 heterocycles. The number of ether oxygens (including phenoxy) is 2. The van der Waals surface area contributed by atoms with Crippen LogP contribution in [-0.4, -0.2) is 25.8 Å². The Morgan fingerprint density at radius 1 is 0.607 bits per heavy atom. The second-order valence-electron chi connectivity index (χ2n) is 8.56. The first-order valence-electron chi connectivity index (χ1n) is 12.4. The summed E-state index contributed by atoms with van der Waals surface area (Å²) in [5.74, 6) is 1.05. The molecule has 28 heavy (non-hydrogen) atoms. The molecule has 0 amide bonds. The van der Waals surface area contributed by atoms with Crippen molar-refractivity contribution in [2.45, 2.75) is 135 Å². The first-order valence-corrected chi connectivity index (χ1v) is 13.0. The van der Waals surface area contributed by atoms with E-state index in [2.05, 4.69) is 26.5 Å². The van der Waals surface area contributed by atoms with Gasteiger partial charge in [0.15, 0.2) is 5.79 Å². The molecule has 0 N–H and O–H groups in total. The van der Waals surface area contributed by atoms with Gasteiger partial charge in [-0.1, -0.05) is 97.3 Å². The van der Waals surface area contributed by atoms with E-state index in [1.807, 2.05) is 14.2 Å². The van der Waals surface area contributed by atoms with Crippen LogP contribution in [0.4, 0.5) is 0 Å². The molecule has 0 aromatic carbocycles. The zero-order valence-corrected chi connectivity index (χ0v) is 20.7. The molecule has 0 saturated carbocycles. The molecule has 0 aliphatic carbocycles. The van der Waals surface area contributed by atoms with Crippen molar-refractivity contribution in [2.24, 2.45) is 5.92 Å². The highest BCUT2D eigenvalue weighted by molar-refractivity contribution is 7.80. The Kier molecular flexibility index (Phi) is 20.7. The van der Waals surface area contributed by atoms with E-state index in [0.29, 0.717) is 5.92 Å². The standard InChI is InChI=1S/C25H52O2S/c1-5-7-9-11-13-14-16-18-22-25(26-3,27-4)24(21-19-23-28)20-17-15-12-10-8-6-2/h24,28H,5-23H2,1-4H3/t24-/m1/s1. The SMILES string of the molecule is CCCCCCCCCCC(OC)(OC)[C@@H](CCCS)CCCCCCCC. The van der Waals surface area contributed by atoms with Crippen LogP contribution in [0.3, 0.4) is 0 Å². The van der Waals surface area contributed by atoms with Gasteiger partial charge in [0, 0.05) is 26.6 Å². The molecular weight excluding hydrogens is 364 g/mol. The second kappa shape index (κ2) is 20.5. The van der Waals surface area contributed by atoms with E-state index in [1.165, 1.54) is 96.3 Å². The average molecular weight is 417 g/mol. The van der Waals surface area contributed by atoms with Gasteiger partial charge in [0.1, 0.15) is 0 Å². The molecule has 0 aliphatic heterocycles. The second-order valence-corrected chi connectivity index (χ2v) is 9.01. The molecule has 0 saturated heterocycles. The molecule has 0 spiro atoms. The van der Waals surface area contributed by atoms with Crippen molar-refractivity contribution in [3.8, 4) is 0 Å². The van der Waals surface area contributed by atoms with Crippen LogP contribution >= 0.6 is 12.6 Å². The van der Waals surface area contributed by atoms with Gasteiger partial charge in [-0.2, -0.15) is 12.6 Å². The summed E-state index contributed by atoms with van der Waals surface area (Å²) in [6.07, 6.45) is 23.4. The quantitative estimate of drug-likeness (QED) is 0.108. The van der Waals surface area contributed by atoms with E-state index < -0.39 is 5.79 Å². The van der Waals surface area contributed by atoms with E-state index in [-0.39, 0.29) is 0 Å².